The van der Waals surface area contributed by atoms with E-state index in [-0.39, 0.29) is 0 Å². The zero-order valence-corrected chi connectivity index (χ0v) is 12.0. The minimum absolute atomic E-state index is 0.763. The predicted molar refractivity (Wildman–Crippen MR) is 87.3 cm³/mol. The van der Waals surface area contributed by atoms with Crippen LogP contribution < -0.4 is 10.6 Å². The molecule has 0 bridgehead atoms. The van der Waals surface area contributed by atoms with Crippen molar-refractivity contribution in [1.82, 2.24) is 0 Å². The Morgan fingerprint density at radius 2 is 1.76 bits per heavy atom. The summed E-state index contributed by atoms with van der Waals surface area (Å²) >= 11 is 1.77. The van der Waals surface area contributed by atoms with Gasteiger partial charge in [0, 0.05) is 15.5 Å². The van der Waals surface area contributed by atoms with Crippen molar-refractivity contribution in [3.05, 3.63) is 72.8 Å². The highest BCUT2D eigenvalue weighted by Gasteiger charge is 2.24. The topological polar surface area (TPSA) is 29.3 Å². The van der Waals surface area contributed by atoms with E-state index >= 15 is 0 Å². The van der Waals surface area contributed by atoms with Crippen LogP contribution in [0, 0.1) is 12.1 Å². The molecule has 0 radical (unpaired) electrons. The smallest absolute Gasteiger partial charge is 0.0974 e. The van der Waals surface area contributed by atoms with Gasteiger partial charge in [0.25, 0.3) is 0 Å². The Balaban J connectivity index is 1.98. The quantitative estimate of drug-likeness (QED) is 0.510. The van der Waals surface area contributed by atoms with Crippen LogP contribution >= 0.6 is 11.8 Å². The Hall–Kier alpha value is -2.57. The number of anilines is 4. The second kappa shape index (κ2) is 4.76. The van der Waals surface area contributed by atoms with E-state index in [9.17, 15) is 0 Å². The Kier molecular flexibility index (Phi) is 2.77. The van der Waals surface area contributed by atoms with Crippen LogP contribution in [0.1, 0.15) is 0 Å². The van der Waals surface area contributed by atoms with E-state index in [2.05, 4.69) is 47.4 Å². The zero-order valence-electron chi connectivity index (χ0n) is 11.2. The van der Waals surface area contributed by atoms with Gasteiger partial charge in [-0.3, -0.25) is 0 Å². The Labute approximate surface area is 128 Å². The molecule has 2 N–H and O–H groups in total. The second-order valence-electron chi connectivity index (χ2n) is 4.81. The van der Waals surface area contributed by atoms with Crippen molar-refractivity contribution in [1.29, 1.82) is 0 Å². The van der Waals surface area contributed by atoms with Gasteiger partial charge in [0.1, 0.15) is 0 Å². The molecular formula is C18H12N2S. The lowest BCUT2D eigenvalue weighted by atomic mass is 10.2. The summed E-state index contributed by atoms with van der Waals surface area (Å²) < 4.78 is 0. The van der Waals surface area contributed by atoms with E-state index in [1.165, 1.54) is 9.79 Å². The number of nitrogens with zero attached hydrogens (tertiary/aromatic N) is 1. The lowest BCUT2D eigenvalue weighted by Crippen LogP contribution is -2.14. The van der Waals surface area contributed by atoms with E-state index in [1.54, 1.807) is 11.8 Å². The summed E-state index contributed by atoms with van der Waals surface area (Å²) in [6.45, 7) is 0. The van der Waals surface area contributed by atoms with Crippen molar-refractivity contribution in [2.75, 3.05) is 10.6 Å². The highest BCUT2D eigenvalue weighted by molar-refractivity contribution is 7.99. The van der Waals surface area contributed by atoms with Gasteiger partial charge in [-0.2, -0.15) is 0 Å². The van der Waals surface area contributed by atoms with Gasteiger partial charge in [0.05, 0.1) is 17.1 Å². The monoisotopic (exact) mass is 288 g/mol. The predicted octanol–water partition coefficient (Wildman–Crippen LogP) is 4.80. The van der Waals surface area contributed by atoms with Crippen LogP contribution in [0.2, 0.25) is 0 Å². The fraction of sp³-hybridized carbons (Fsp3) is 0. The molecule has 0 saturated carbocycles. The van der Waals surface area contributed by atoms with Crippen LogP contribution in [0.15, 0.2) is 70.5 Å². The SMILES string of the molecule is Nc1ccc2c(c1)N(c1c#cccc1)c1ccccc1S2. The van der Waals surface area contributed by atoms with Gasteiger partial charge in [-0.05, 0) is 48.5 Å². The van der Waals surface area contributed by atoms with Crippen molar-refractivity contribution in [2.45, 2.75) is 9.79 Å². The third-order valence-corrected chi connectivity index (χ3v) is 4.56. The molecule has 0 atom stereocenters. The molecule has 0 fully saturated rings. The molecule has 3 heteroatoms. The number of nitrogens with two attached hydrogens (primary N) is 1. The summed E-state index contributed by atoms with van der Waals surface area (Å²) in [5.41, 5.74) is 9.96. The molecule has 4 rings (SSSR count). The summed E-state index contributed by atoms with van der Waals surface area (Å²) in [7, 11) is 0. The molecule has 21 heavy (non-hydrogen) atoms. The van der Waals surface area contributed by atoms with E-state index in [0.29, 0.717) is 0 Å². The van der Waals surface area contributed by atoms with E-state index in [0.717, 1.165) is 22.7 Å². The largest absolute Gasteiger partial charge is 0.399 e. The molecule has 0 aliphatic carbocycles. The molecular weight excluding hydrogens is 276 g/mol. The number of nitrogen functional groups attached to an aromatic ring is 1. The molecule has 3 aromatic rings. The molecule has 1 aliphatic heterocycles. The Bertz CT molecular complexity index is 799. The van der Waals surface area contributed by atoms with Crippen LogP contribution in [0.3, 0.4) is 0 Å². The second-order valence-corrected chi connectivity index (χ2v) is 5.90. The summed E-state index contributed by atoms with van der Waals surface area (Å²) in [6.07, 6.45) is 0. The summed E-state index contributed by atoms with van der Waals surface area (Å²) in [5.74, 6) is 0. The normalized spacial score (nSPS) is 12.3. The molecule has 1 heterocycles. The molecule has 1 aliphatic rings. The first kappa shape index (κ1) is 12.2. The maximum absolute atomic E-state index is 5.99. The molecule has 0 unspecified atom stereocenters. The fourth-order valence-electron chi connectivity index (χ4n) is 2.51. The van der Waals surface area contributed by atoms with Gasteiger partial charge in [-0.25, -0.2) is 0 Å². The zero-order chi connectivity index (χ0) is 14.2. The molecule has 0 aromatic heterocycles. The van der Waals surface area contributed by atoms with E-state index in [4.69, 9.17) is 5.73 Å². The third kappa shape index (κ3) is 2.01. The van der Waals surface area contributed by atoms with E-state index < -0.39 is 0 Å². The average Bonchev–Trinajstić information content (AvgIpc) is 2.53. The van der Waals surface area contributed by atoms with Gasteiger partial charge >= 0.3 is 0 Å². The first-order valence-corrected chi connectivity index (χ1v) is 7.49. The summed E-state index contributed by atoms with van der Waals surface area (Å²) in [4.78, 5) is 4.61. The average molecular weight is 288 g/mol. The standard InChI is InChI=1S/C18H12N2S/c19-13-10-11-18-16(12-13)20(14-6-2-1-3-7-14)15-8-4-5-9-17(15)21-18/h1-2,4-6,8-12H,19H2. The van der Waals surface area contributed by atoms with Crippen LogP contribution in [0.25, 0.3) is 0 Å². The van der Waals surface area contributed by atoms with Crippen molar-refractivity contribution in [3.8, 4) is 0 Å². The molecule has 100 valence electrons. The van der Waals surface area contributed by atoms with Gasteiger partial charge < -0.3 is 10.6 Å². The molecule has 2 nitrogen and oxygen atoms in total. The van der Waals surface area contributed by atoms with Crippen LogP contribution in [-0.2, 0) is 0 Å². The van der Waals surface area contributed by atoms with Gasteiger partial charge in [0.15, 0.2) is 0 Å². The number of para-hydroxylation sites is 1. The molecule has 0 amide bonds. The highest BCUT2D eigenvalue weighted by atomic mass is 32.2. The minimum atomic E-state index is 0.763. The van der Waals surface area contributed by atoms with Gasteiger partial charge in [-0.1, -0.05) is 36.0 Å². The van der Waals surface area contributed by atoms with Crippen molar-refractivity contribution < 1.29 is 0 Å². The Morgan fingerprint density at radius 3 is 2.62 bits per heavy atom. The number of rotatable bonds is 1. The summed E-state index contributed by atoms with van der Waals surface area (Å²) in [5, 5.41) is 0. The molecule has 3 aromatic carbocycles. The van der Waals surface area contributed by atoms with Gasteiger partial charge in [0.2, 0.25) is 0 Å². The maximum Gasteiger partial charge on any atom is 0.0974 e. The van der Waals surface area contributed by atoms with Crippen LogP contribution in [-0.4, -0.2) is 0 Å². The summed E-state index contributed by atoms with van der Waals surface area (Å²) in [6, 6.07) is 26.5. The number of fused-ring (bicyclic) bond motifs is 2. The van der Waals surface area contributed by atoms with Crippen LogP contribution in [0.5, 0.6) is 0 Å². The van der Waals surface area contributed by atoms with Crippen LogP contribution in [0.4, 0.5) is 22.7 Å². The first-order valence-electron chi connectivity index (χ1n) is 6.68. The lowest BCUT2D eigenvalue weighted by molar-refractivity contribution is 1.17. The minimum Gasteiger partial charge on any atom is -0.399 e. The number of hydrogen-bond donors (Lipinski definition) is 1. The Morgan fingerprint density at radius 1 is 0.905 bits per heavy atom. The highest BCUT2D eigenvalue weighted by Crippen LogP contribution is 2.51. The van der Waals surface area contributed by atoms with Gasteiger partial charge in [-0.15, -0.1) is 0 Å². The maximum atomic E-state index is 5.99. The van der Waals surface area contributed by atoms with Crippen molar-refractivity contribution in [2.24, 2.45) is 0 Å². The third-order valence-electron chi connectivity index (χ3n) is 3.42. The lowest BCUT2D eigenvalue weighted by Gasteiger charge is -2.32. The molecule has 0 spiro atoms. The number of hydrogen-bond acceptors (Lipinski definition) is 3. The molecule has 0 saturated heterocycles. The first-order chi connectivity index (χ1) is 10.3. The van der Waals surface area contributed by atoms with Crippen molar-refractivity contribution >= 4 is 34.5 Å². The van der Waals surface area contributed by atoms with Crippen molar-refractivity contribution in [3.63, 3.8) is 0 Å². The van der Waals surface area contributed by atoms with E-state index in [1.807, 2.05) is 30.3 Å². The number of benzene rings is 2. The fourth-order valence-corrected chi connectivity index (χ4v) is 3.54.